The molecule has 0 aliphatic heterocycles. The second kappa shape index (κ2) is 11.5. The van der Waals surface area contributed by atoms with Gasteiger partial charge < -0.3 is 26.6 Å². The second-order valence-electron chi connectivity index (χ2n) is 12.4. The monoisotopic (exact) mass is 564 g/mol. The third kappa shape index (κ3) is 5.10. The van der Waals surface area contributed by atoms with E-state index in [0.717, 1.165) is 35.5 Å². The van der Waals surface area contributed by atoms with Gasteiger partial charge in [0.15, 0.2) is 0 Å². The lowest BCUT2D eigenvalue weighted by atomic mass is 9.30. The van der Waals surface area contributed by atoms with Gasteiger partial charge in [-0.3, -0.25) is 0 Å². The molecule has 0 aromatic heterocycles. The largest absolute Gasteiger partial charge is 0.529 e. The van der Waals surface area contributed by atoms with Gasteiger partial charge in [-0.1, -0.05) is 12.2 Å². The molecule has 0 N–H and O–H groups in total. The van der Waals surface area contributed by atoms with Crippen molar-refractivity contribution in [2.45, 2.75) is 80.1 Å². The van der Waals surface area contributed by atoms with Crippen molar-refractivity contribution in [3.05, 3.63) is 23.6 Å². The molecule has 0 aromatic rings. The molecule has 0 spiro atoms. The van der Waals surface area contributed by atoms with Crippen molar-refractivity contribution in [1.29, 1.82) is 0 Å². The van der Waals surface area contributed by atoms with Crippen LogP contribution in [0.2, 0.25) is 0 Å². The van der Waals surface area contributed by atoms with Crippen molar-refractivity contribution in [2.24, 2.45) is 46.3 Å². The van der Waals surface area contributed by atoms with Crippen LogP contribution in [0, 0.1) is 46.3 Å². The lowest BCUT2D eigenvalue weighted by molar-refractivity contribution is -0.237. The summed E-state index contributed by atoms with van der Waals surface area (Å²) in [6, 6.07) is 0. The molecule has 7 rings (SSSR count). The van der Waals surface area contributed by atoms with Crippen LogP contribution in [-0.4, -0.2) is 57.3 Å². The highest BCUT2D eigenvalue weighted by atomic mass is 28.4. The van der Waals surface area contributed by atoms with Crippen molar-refractivity contribution in [3.8, 4) is 0 Å². The molecule has 216 valence electrons. The van der Waals surface area contributed by atoms with Gasteiger partial charge >= 0.3 is 17.6 Å². The normalized spacial score (nSPS) is 39.4. The smallest absolute Gasteiger partial charge is 0.371 e. The van der Waals surface area contributed by atoms with Crippen LogP contribution in [0.4, 0.5) is 0 Å². The van der Waals surface area contributed by atoms with E-state index >= 15 is 0 Å². The van der Waals surface area contributed by atoms with Gasteiger partial charge in [0.25, 0.3) is 0 Å². The maximum atomic E-state index is 6.17. The fourth-order valence-electron chi connectivity index (χ4n) is 9.75. The zero-order valence-electron chi connectivity index (χ0n) is 24.7. The summed E-state index contributed by atoms with van der Waals surface area (Å²) in [4.78, 5) is 0. The standard InChI is InChI=1S/C30H52O6Si2/c1-7-31-37(32-8-2,33-9-3)15-13-29-17-23-26-20-30(14-16-38(34-10-4,35-11-5)36-12-6)21-27(23)25(19-29)28(22-30)24(26)18-29/h13-16,23-28H,7-12,17-22H2,1-6H3/b15-13+,16-14+. The fraction of sp³-hybridized carbons (Fsp3) is 0.867. The predicted octanol–water partition coefficient (Wildman–Crippen LogP) is 6.35. The van der Waals surface area contributed by atoms with E-state index in [1.54, 1.807) is 0 Å². The van der Waals surface area contributed by atoms with Crippen LogP contribution in [0.3, 0.4) is 0 Å². The van der Waals surface area contributed by atoms with Crippen LogP contribution in [0.5, 0.6) is 0 Å². The Labute approximate surface area is 233 Å². The van der Waals surface area contributed by atoms with Gasteiger partial charge in [0, 0.05) is 39.6 Å². The Hall–Kier alpha value is -0.326. The summed E-state index contributed by atoms with van der Waals surface area (Å²) < 4.78 is 37.0. The third-order valence-corrected chi connectivity index (χ3v) is 15.8. The number of allylic oxidation sites excluding steroid dienone is 2. The van der Waals surface area contributed by atoms with E-state index in [9.17, 15) is 0 Å². The lowest BCUT2D eigenvalue weighted by Crippen LogP contribution is -2.67. The molecule has 7 fully saturated rings. The van der Waals surface area contributed by atoms with Crippen LogP contribution < -0.4 is 0 Å². The summed E-state index contributed by atoms with van der Waals surface area (Å²) in [5.74, 6) is 5.20. The molecule has 8 bridgehead atoms. The highest BCUT2D eigenvalue weighted by Crippen LogP contribution is 2.77. The van der Waals surface area contributed by atoms with Crippen LogP contribution in [0.25, 0.3) is 0 Å². The summed E-state index contributed by atoms with van der Waals surface area (Å²) in [6.07, 6.45) is 13.1. The van der Waals surface area contributed by atoms with Gasteiger partial charge in [-0.15, -0.1) is 0 Å². The van der Waals surface area contributed by atoms with Gasteiger partial charge in [-0.25, -0.2) is 0 Å². The molecule has 0 radical (unpaired) electrons. The van der Waals surface area contributed by atoms with Crippen molar-refractivity contribution in [1.82, 2.24) is 0 Å². The fourth-order valence-corrected chi connectivity index (χ4v) is 14.4. The molecule has 7 aliphatic carbocycles. The number of hydrogen-bond acceptors (Lipinski definition) is 6. The maximum Gasteiger partial charge on any atom is 0.529 e. The Morgan fingerprint density at radius 2 is 0.658 bits per heavy atom. The molecule has 0 atom stereocenters. The second-order valence-corrected chi connectivity index (χ2v) is 17.2. The minimum absolute atomic E-state index is 0.307. The highest BCUT2D eigenvalue weighted by molar-refractivity contribution is 6.66. The molecule has 7 saturated carbocycles. The van der Waals surface area contributed by atoms with E-state index in [2.05, 4.69) is 23.6 Å². The van der Waals surface area contributed by atoms with E-state index in [1.165, 1.54) is 38.5 Å². The van der Waals surface area contributed by atoms with E-state index in [-0.39, 0.29) is 0 Å². The Morgan fingerprint density at radius 1 is 0.447 bits per heavy atom. The molecule has 0 amide bonds. The molecule has 6 nitrogen and oxygen atoms in total. The van der Waals surface area contributed by atoms with Crippen LogP contribution in [0.15, 0.2) is 23.6 Å². The zero-order chi connectivity index (χ0) is 27.0. The molecule has 0 heterocycles. The first-order chi connectivity index (χ1) is 18.3. The minimum Gasteiger partial charge on any atom is -0.371 e. The topological polar surface area (TPSA) is 55.4 Å². The molecule has 7 aliphatic rings. The molecular weight excluding hydrogens is 512 g/mol. The Balaban J connectivity index is 1.36. The third-order valence-electron chi connectivity index (χ3n) is 10.5. The van der Waals surface area contributed by atoms with Crippen molar-refractivity contribution < 1.29 is 26.6 Å². The lowest BCUT2D eigenvalue weighted by Gasteiger charge is -2.74. The Kier molecular flexibility index (Phi) is 8.84. The van der Waals surface area contributed by atoms with E-state index in [0.29, 0.717) is 50.5 Å². The van der Waals surface area contributed by atoms with Gasteiger partial charge in [0.1, 0.15) is 0 Å². The first-order valence-electron chi connectivity index (χ1n) is 15.6. The van der Waals surface area contributed by atoms with Gasteiger partial charge in [-0.2, -0.15) is 0 Å². The number of hydrogen-bond donors (Lipinski definition) is 0. The van der Waals surface area contributed by atoms with E-state index in [1.807, 2.05) is 41.5 Å². The molecule has 0 unspecified atom stereocenters. The quantitative estimate of drug-likeness (QED) is 0.204. The van der Waals surface area contributed by atoms with Gasteiger partial charge in [0.2, 0.25) is 0 Å². The maximum absolute atomic E-state index is 6.17. The number of rotatable bonds is 16. The molecule has 8 heteroatoms. The summed E-state index contributed by atoms with van der Waals surface area (Å²) in [5.41, 5.74) is 5.14. The summed E-state index contributed by atoms with van der Waals surface area (Å²) in [6.45, 7) is 16.0. The summed E-state index contributed by atoms with van der Waals surface area (Å²) in [5, 5.41) is 0. The van der Waals surface area contributed by atoms with E-state index in [4.69, 9.17) is 26.6 Å². The van der Waals surface area contributed by atoms with Gasteiger partial charge in [-0.05, 0) is 138 Å². The molecular formula is C30H52O6Si2. The highest BCUT2D eigenvalue weighted by Gasteiger charge is 2.69. The molecule has 0 saturated heterocycles. The zero-order valence-corrected chi connectivity index (χ0v) is 26.7. The average molecular weight is 565 g/mol. The first-order valence-corrected chi connectivity index (χ1v) is 19.2. The predicted molar refractivity (Wildman–Crippen MR) is 153 cm³/mol. The first kappa shape index (κ1) is 29.2. The Morgan fingerprint density at radius 3 is 0.842 bits per heavy atom. The minimum atomic E-state index is -2.77. The van der Waals surface area contributed by atoms with Crippen LogP contribution >= 0.6 is 0 Å². The molecule has 38 heavy (non-hydrogen) atoms. The van der Waals surface area contributed by atoms with Crippen molar-refractivity contribution in [3.63, 3.8) is 0 Å². The summed E-state index contributed by atoms with van der Waals surface area (Å²) in [7, 11) is -5.53. The summed E-state index contributed by atoms with van der Waals surface area (Å²) >= 11 is 0. The van der Waals surface area contributed by atoms with Crippen molar-refractivity contribution >= 4 is 17.6 Å². The average Bonchev–Trinajstić information content (AvgIpc) is 2.90. The van der Waals surface area contributed by atoms with Crippen LogP contribution in [-0.2, 0) is 26.6 Å². The van der Waals surface area contributed by atoms with Crippen molar-refractivity contribution in [2.75, 3.05) is 39.6 Å². The van der Waals surface area contributed by atoms with E-state index < -0.39 is 17.6 Å². The molecule has 0 aromatic carbocycles. The van der Waals surface area contributed by atoms with Crippen LogP contribution in [0.1, 0.15) is 80.1 Å². The SMILES string of the molecule is CCO[Si](/C=C/C12CC3C4CC5(/C=C/[Si](OCC)(OCC)OCC)CC3C(C1)C(C5)C4C2)(OCC)OCC. The van der Waals surface area contributed by atoms with Gasteiger partial charge in [0.05, 0.1) is 0 Å². The Bertz CT molecular complexity index is 708.